The van der Waals surface area contributed by atoms with Crippen LogP contribution in [0.3, 0.4) is 0 Å². The van der Waals surface area contributed by atoms with Gasteiger partial charge in [-0.25, -0.2) is 4.98 Å². The molecular weight excluding hydrogens is 228 g/mol. The van der Waals surface area contributed by atoms with Crippen molar-refractivity contribution in [3.63, 3.8) is 0 Å². The monoisotopic (exact) mass is 246 g/mol. The van der Waals surface area contributed by atoms with Crippen LogP contribution in [0.1, 0.15) is 31.2 Å². The van der Waals surface area contributed by atoms with Gasteiger partial charge in [-0.3, -0.25) is 4.98 Å². The van der Waals surface area contributed by atoms with Crippen molar-refractivity contribution < 1.29 is 0 Å². The fraction of sp³-hybridized carbons (Fsp3) is 0.429. The maximum Gasteiger partial charge on any atom is 0.0861 e. The molecule has 2 aromatic rings. The lowest BCUT2D eigenvalue weighted by atomic mass is 9.90. The van der Waals surface area contributed by atoms with E-state index < -0.39 is 0 Å². The van der Waals surface area contributed by atoms with Gasteiger partial charge in [-0.15, -0.1) is 11.3 Å². The smallest absolute Gasteiger partial charge is 0.0861 e. The number of hydrogen-bond donors (Lipinski definition) is 0. The van der Waals surface area contributed by atoms with Crippen molar-refractivity contribution in [2.24, 2.45) is 5.41 Å². The normalized spacial score (nSPS) is 11.8. The number of rotatable bonds is 2. The van der Waals surface area contributed by atoms with Crippen molar-refractivity contribution in [3.05, 3.63) is 34.4 Å². The first-order chi connectivity index (χ1) is 7.97. The van der Waals surface area contributed by atoms with Crippen LogP contribution >= 0.6 is 11.3 Å². The third-order valence-electron chi connectivity index (χ3n) is 2.63. The third-order valence-corrected chi connectivity index (χ3v) is 3.46. The van der Waals surface area contributed by atoms with Crippen molar-refractivity contribution in [1.29, 1.82) is 0 Å². The summed E-state index contributed by atoms with van der Waals surface area (Å²) < 4.78 is 0. The van der Waals surface area contributed by atoms with Crippen molar-refractivity contribution in [2.45, 2.75) is 34.1 Å². The molecule has 2 aromatic heterocycles. The van der Waals surface area contributed by atoms with Crippen LogP contribution in [0.2, 0.25) is 0 Å². The second-order valence-electron chi connectivity index (χ2n) is 5.55. The van der Waals surface area contributed by atoms with Crippen molar-refractivity contribution in [3.8, 4) is 11.3 Å². The molecule has 2 nitrogen and oxygen atoms in total. The van der Waals surface area contributed by atoms with E-state index in [9.17, 15) is 0 Å². The molecule has 0 bridgehead atoms. The lowest BCUT2D eigenvalue weighted by Crippen LogP contribution is -2.08. The summed E-state index contributed by atoms with van der Waals surface area (Å²) >= 11 is 1.74. The van der Waals surface area contributed by atoms with Crippen LogP contribution in [-0.2, 0) is 6.42 Å². The molecule has 2 rings (SSSR count). The van der Waals surface area contributed by atoms with Gasteiger partial charge in [0.2, 0.25) is 0 Å². The largest absolute Gasteiger partial charge is 0.264 e. The fourth-order valence-corrected chi connectivity index (χ4v) is 2.89. The predicted molar refractivity (Wildman–Crippen MR) is 73.2 cm³/mol. The van der Waals surface area contributed by atoms with Crippen LogP contribution in [0.25, 0.3) is 11.3 Å². The summed E-state index contributed by atoms with van der Waals surface area (Å²) in [5, 5.41) is 0. The minimum atomic E-state index is 0.289. The summed E-state index contributed by atoms with van der Waals surface area (Å²) in [5.41, 5.74) is 5.73. The number of aryl methyl sites for hydroxylation is 1. The number of nitrogens with zero attached hydrogens (tertiary/aromatic N) is 2. The summed E-state index contributed by atoms with van der Waals surface area (Å²) in [6, 6.07) is 2.04. The molecular formula is C14H18N2S. The molecule has 0 unspecified atom stereocenters. The van der Waals surface area contributed by atoms with Gasteiger partial charge in [0, 0.05) is 22.8 Å². The second kappa shape index (κ2) is 4.57. The standard InChI is InChI=1S/C14H18N2S/c1-10-5-6-15-8-11(10)13-12(17-9-16-13)7-14(2,3)4/h5-6,8-9H,7H2,1-4H3. The van der Waals surface area contributed by atoms with Crippen LogP contribution in [0.5, 0.6) is 0 Å². The van der Waals surface area contributed by atoms with E-state index in [2.05, 4.69) is 37.7 Å². The Labute approximate surface area is 107 Å². The molecule has 0 aromatic carbocycles. The highest BCUT2D eigenvalue weighted by Crippen LogP contribution is 2.32. The fourth-order valence-electron chi connectivity index (χ4n) is 1.81. The highest BCUT2D eigenvalue weighted by molar-refractivity contribution is 7.10. The van der Waals surface area contributed by atoms with Gasteiger partial charge in [-0.2, -0.15) is 0 Å². The van der Waals surface area contributed by atoms with Gasteiger partial charge in [-0.05, 0) is 30.4 Å². The van der Waals surface area contributed by atoms with Crippen LogP contribution < -0.4 is 0 Å². The molecule has 0 aliphatic carbocycles. The molecule has 17 heavy (non-hydrogen) atoms. The van der Waals surface area contributed by atoms with E-state index in [1.165, 1.54) is 10.4 Å². The first-order valence-corrected chi connectivity index (χ1v) is 6.69. The zero-order chi connectivity index (χ0) is 12.5. The topological polar surface area (TPSA) is 25.8 Å². The van der Waals surface area contributed by atoms with Crippen molar-refractivity contribution in [2.75, 3.05) is 0 Å². The second-order valence-corrected chi connectivity index (χ2v) is 6.49. The van der Waals surface area contributed by atoms with Gasteiger partial charge in [-0.1, -0.05) is 20.8 Å². The van der Waals surface area contributed by atoms with Crippen LogP contribution in [0, 0.1) is 12.3 Å². The Hall–Kier alpha value is -1.22. The van der Waals surface area contributed by atoms with Crippen molar-refractivity contribution in [1.82, 2.24) is 9.97 Å². The van der Waals surface area contributed by atoms with E-state index in [0.717, 1.165) is 17.7 Å². The van der Waals surface area contributed by atoms with Gasteiger partial charge >= 0.3 is 0 Å². The average molecular weight is 246 g/mol. The van der Waals surface area contributed by atoms with E-state index in [-0.39, 0.29) is 5.41 Å². The SMILES string of the molecule is Cc1ccncc1-c1ncsc1CC(C)(C)C. The Morgan fingerprint density at radius 2 is 2.06 bits per heavy atom. The first-order valence-electron chi connectivity index (χ1n) is 5.81. The highest BCUT2D eigenvalue weighted by Gasteiger charge is 2.17. The molecule has 90 valence electrons. The van der Waals surface area contributed by atoms with Gasteiger partial charge in [0.1, 0.15) is 0 Å². The molecule has 0 aliphatic heterocycles. The van der Waals surface area contributed by atoms with Crippen LogP contribution in [-0.4, -0.2) is 9.97 Å². The molecule has 0 saturated heterocycles. The van der Waals surface area contributed by atoms with E-state index >= 15 is 0 Å². The molecule has 0 atom stereocenters. The summed E-state index contributed by atoms with van der Waals surface area (Å²) in [4.78, 5) is 10.1. The minimum absolute atomic E-state index is 0.289. The zero-order valence-electron chi connectivity index (χ0n) is 10.8. The minimum Gasteiger partial charge on any atom is -0.264 e. The van der Waals surface area contributed by atoms with Crippen LogP contribution in [0.15, 0.2) is 24.0 Å². The third kappa shape index (κ3) is 2.91. The molecule has 0 aliphatic rings. The first kappa shape index (κ1) is 12.2. The Morgan fingerprint density at radius 1 is 1.29 bits per heavy atom. The van der Waals surface area contributed by atoms with Crippen LogP contribution in [0.4, 0.5) is 0 Å². The van der Waals surface area contributed by atoms with E-state index in [4.69, 9.17) is 0 Å². The lowest BCUT2D eigenvalue weighted by molar-refractivity contribution is 0.415. The number of thiazole rings is 1. The summed E-state index contributed by atoms with van der Waals surface area (Å²) in [5.74, 6) is 0. The Bertz CT molecular complexity index is 509. The molecule has 0 radical (unpaired) electrons. The highest BCUT2D eigenvalue weighted by atomic mass is 32.1. The summed E-state index contributed by atoms with van der Waals surface area (Å²) in [6.07, 6.45) is 4.80. The number of hydrogen-bond acceptors (Lipinski definition) is 3. The Morgan fingerprint density at radius 3 is 2.71 bits per heavy atom. The van der Waals surface area contributed by atoms with Crippen molar-refractivity contribution >= 4 is 11.3 Å². The molecule has 0 saturated carbocycles. The number of pyridine rings is 1. The maximum absolute atomic E-state index is 4.51. The van der Waals surface area contributed by atoms with E-state index in [0.29, 0.717) is 0 Å². The molecule has 0 spiro atoms. The van der Waals surface area contributed by atoms with E-state index in [1.54, 1.807) is 11.3 Å². The van der Waals surface area contributed by atoms with E-state index in [1.807, 2.05) is 24.0 Å². The molecule has 0 N–H and O–H groups in total. The predicted octanol–water partition coefficient (Wildman–Crippen LogP) is 4.10. The maximum atomic E-state index is 4.51. The Balaban J connectivity index is 2.41. The molecule has 3 heteroatoms. The quantitative estimate of drug-likeness (QED) is 0.797. The molecule has 0 amide bonds. The van der Waals surface area contributed by atoms with Gasteiger partial charge in [0.15, 0.2) is 0 Å². The average Bonchev–Trinajstić information content (AvgIpc) is 2.64. The zero-order valence-corrected chi connectivity index (χ0v) is 11.6. The number of aromatic nitrogens is 2. The lowest BCUT2D eigenvalue weighted by Gasteiger charge is -2.17. The Kier molecular flexibility index (Phi) is 3.29. The van der Waals surface area contributed by atoms with Gasteiger partial charge < -0.3 is 0 Å². The summed E-state index contributed by atoms with van der Waals surface area (Å²) in [6.45, 7) is 8.88. The van der Waals surface area contributed by atoms with Gasteiger partial charge in [0.25, 0.3) is 0 Å². The molecule has 2 heterocycles. The summed E-state index contributed by atoms with van der Waals surface area (Å²) in [7, 11) is 0. The van der Waals surface area contributed by atoms with Gasteiger partial charge in [0.05, 0.1) is 11.2 Å². The molecule has 0 fully saturated rings.